The summed E-state index contributed by atoms with van der Waals surface area (Å²) in [5, 5.41) is 11.4. The minimum atomic E-state index is -1.34. The fourth-order valence-corrected chi connectivity index (χ4v) is 2.89. The number of hydrogen-bond acceptors (Lipinski definition) is 9. The zero-order valence-corrected chi connectivity index (χ0v) is 15.6. The molecule has 1 aliphatic rings. The van der Waals surface area contributed by atoms with Gasteiger partial charge in [0.25, 0.3) is 5.91 Å². The van der Waals surface area contributed by atoms with Crippen LogP contribution in [0.4, 0.5) is 16.3 Å². The Balaban J connectivity index is 1.65. The van der Waals surface area contributed by atoms with Crippen molar-refractivity contribution < 1.29 is 24.0 Å². The van der Waals surface area contributed by atoms with Crippen molar-refractivity contribution in [3.05, 3.63) is 81.5 Å². The van der Waals surface area contributed by atoms with Gasteiger partial charge in [-0.05, 0) is 18.2 Å². The molecular weight excluding hydrogens is 418 g/mol. The van der Waals surface area contributed by atoms with E-state index in [-0.39, 0.29) is 23.0 Å². The molecule has 0 fully saturated rings. The minimum absolute atomic E-state index is 0.0299. The SMILES string of the molecule is O=C(Oc1ccccc1[N+](=O)[O-])O[C@@H]1c2nccnc2C(=O)N1c1ccc(Cl)cn1. The van der Waals surface area contributed by atoms with Crippen LogP contribution in [0, 0.1) is 10.1 Å². The van der Waals surface area contributed by atoms with Crippen molar-refractivity contribution in [2.45, 2.75) is 6.23 Å². The molecule has 0 saturated carbocycles. The summed E-state index contributed by atoms with van der Waals surface area (Å²) in [4.78, 5) is 48.8. The highest BCUT2D eigenvalue weighted by Gasteiger charge is 2.44. The summed E-state index contributed by atoms with van der Waals surface area (Å²) in [6, 6.07) is 8.25. The van der Waals surface area contributed by atoms with Crippen LogP contribution in [0.3, 0.4) is 0 Å². The molecule has 1 amide bonds. The molecule has 30 heavy (non-hydrogen) atoms. The molecule has 0 aliphatic carbocycles. The molecule has 3 aromatic rings. The second-order valence-electron chi connectivity index (χ2n) is 5.85. The molecule has 0 radical (unpaired) electrons. The zero-order chi connectivity index (χ0) is 21.3. The van der Waals surface area contributed by atoms with Crippen LogP contribution in [0.5, 0.6) is 5.75 Å². The molecule has 1 atom stereocenters. The van der Waals surface area contributed by atoms with E-state index in [2.05, 4.69) is 15.0 Å². The number of halogens is 1. The van der Waals surface area contributed by atoms with Gasteiger partial charge in [-0.1, -0.05) is 23.7 Å². The van der Waals surface area contributed by atoms with E-state index in [4.69, 9.17) is 21.1 Å². The van der Waals surface area contributed by atoms with Crippen LogP contribution in [0.25, 0.3) is 0 Å². The average Bonchev–Trinajstić information content (AvgIpc) is 3.01. The lowest BCUT2D eigenvalue weighted by molar-refractivity contribution is -0.385. The Labute approximate surface area is 173 Å². The van der Waals surface area contributed by atoms with Gasteiger partial charge in [-0.15, -0.1) is 0 Å². The van der Waals surface area contributed by atoms with Gasteiger partial charge in [-0.2, -0.15) is 0 Å². The molecule has 12 heteroatoms. The lowest BCUT2D eigenvalue weighted by atomic mass is 10.3. The van der Waals surface area contributed by atoms with Crippen molar-refractivity contribution in [2.75, 3.05) is 4.90 Å². The molecule has 1 aliphatic heterocycles. The average molecular weight is 428 g/mol. The summed E-state index contributed by atoms with van der Waals surface area (Å²) >= 11 is 5.84. The summed E-state index contributed by atoms with van der Waals surface area (Å²) < 4.78 is 10.3. The van der Waals surface area contributed by atoms with E-state index in [1.807, 2.05) is 0 Å². The standard InChI is InChI=1S/C18H10ClN5O6/c19-10-5-6-13(22-9-10)23-16(25)14-15(21-8-7-20-14)17(23)30-18(26)29-12-4-2-1-3-11(12)24(27)28/h1-9,17H/t17-/m1/s1. The summed E-state index contributed by atoms with van der Waals surface area (Å²) in [6.45, 7) is 0. The second-order valence-corrected chi connectivity index (χ2v) is 6.28. The summed E-state index contributed by atoms with van der Waals surface area (Å²) in [5.41, 5.74) is -0.384. The highest BCUT2D eigenvalue weighted by atomic mass is 35.5. The van der Waals surface area contributed by atoms with Crippen molar-refractivity contribution in [1.29, 1.82) is 0 Å². The number of nitrogens with zero attached hydrogens (tertiary/aromatic N) is 5. The first-order chi connectivity index (χ1) is 14.5. The van der Waals surface area contributed by atoms with E-state index in [9.17, 15) is 19.7 Å². The van der Waals surface area contributed by atoms with E-state index in [0.717, 1.165) is 4.90 Å². The maximum atomic E-state index is 12.8. The summed E-state index contributed by atoms with van der Waals surface area (Å²) in [7, 11) is 0. The number of nitro benzene ring substituents is 1. The molecule has 0 spiro atoms. The number of carbonyl (C=O) groups is 2. The number of amides is 1. The number of hydrogen-bond donors (Lipinski definition) is 0. The van der Waals surface area contributed by atoms with Crippen molar-refractivity contribution in [3.63, 3.8) is 0 Å². The van der Waals surface area contributed by atoms with Crippen molar-refractivity contribution in [1.82, 2.24) is 15.0 Å². The highest BCUT2D eigenvalue weighted by molar-refractivity contribution is 6.30. The molecule has 0 N–H and O–H groups in total. The number of ether oxygens (including phenoxy) is 2. The first-order valence-corrected chi connectivity index (χ1v) is 8.71. The van der Waals surface area contributed by atoms with Gasteiger partial charge in [-0.25, -0.2) is 19.7 Å². The predicted molar refractivity (Wildman–Crippen MR) is 101 cm³/mol. The maximum Gasteiger partial charge on any atom is 0.516 e. The van der Waals surface area contributed by atoms with Gasteiger partial charge >= 0.3 is 11.8 Å². The Morgan fingerprint density at radius 3 is 2.63 bits per heavy atom. The van der Waals surface area contributed by atoms with Gasteiger partial charge in [0.2, 0.25) is 12.0 Å². The number of aromatic nitrogens is 3. The van der Waals surface area contributed by atoms with E-state index in [0.29, 0.717) is 5.02 Å². The lowest BCUT2D eigenvalue weighted by Gasteiger charge is -2.22. The third kappa shape index (κ3) is 3.49. The molecule has 4 rings (SSSR count). The van der Waals surface area contributed by atoms with Crippen LogP contribution >= 0.6 is 11.6 Å². The Morgan fingerprint density at radius 2 is 1.90 bits per heavy atom. The number of rotatable bonds is 4. The van der Waals surface area contributed by atoms with Gasteiger partial charge in [0, 0.05) is 24.7 Å². The minimum Gasteiger partial charge on any atom is -0.403 e. The van der Waals surface area contributed by atoms with Crippen LogP contribution in [0.15, 0.2) is 55.0 Å². The fraction of sp³-hybridized carbons (Fsp3) is 0.0556. The first kappa shape index (κ1) is 19.2. The van der Waals surface area contributed by atoms with Gasteiger partial charge in [0.05, 0.1) is 9.95 Å². The summed E-state index contributed by atoms with van der Waals surface area (Å²) in [5.74, 6) is -0.781. The predicted octanol–water partition coefficient (Wildman–Crippen LogP) is 3.31. The van der Waals surface area contributed by atoms with Crippen LogP contribution in [-0.4, -0.2) is 31.9 Å². The normalized spacial score (nSPS) is 14.9. The third-order valence-corrected chi connectivity index (χ3v) is 4.26. The highest BCUT2D eigenvalue weighted by Crippen LogP contribution is 2.36. The van der Waals surface area contributed by atoms with Gasteiger partial charge in [0.15, 0.2) is 5.69 Å². The number of anilines is 1. The van der Waals surface area contributed by atoms with Gasteiger partial charge < -0.3 is 9.47 Å². The molecule has 11 nitrogen and oxygen atoms in total. The largest absolute Gasteiger partial charge is 0.516 e. The van der Waals surface area contributed by atoms with E-state index < -0.39 is 28.9 Å². The molecule has 1 aromatic carbocycles. The Hall–Kier alpha value is -4.12. The topological polar surface area (TPSA) is 138 Å². The number of nitro groups is 1. The number of fused-ring (bicyclic) bond motifs is 1. The van der Waals surface area contributed by atoms with E-state index in [1.165, 1.54) is 55.0 Å². The van der Waals surface area contributed by atoms with E-state index in [1.54, 1.807) is 0 Å². The van der Waals surface area contributed by atoms with E-state index >= 15 is 0 Å². The molecule has 2 aromatic heterocycles. The van der Waals surface area contributed by atoms with Crippen molar-refractivity contribution in [3.8, 4) is 5.75 Å². The van der Waals surface area contributed by atoms with Crippen molar-refractivity contribution in [2.24, 2.45) is 0 Å². The zero-order valence-electron chi connectivity index (χ0n) is 14.8. The number of para-hydroxylation sites is 2. The monoisotopic (exact) mass is 427 g/mol. The maximum absolute atomic E-state index is 12.8. The molecular formula is C18H10ClN5O6. The summed E-state index contributed by atoms with van der Waals surface area (Å²) in [6.07, 6.45) is 1.34. The first-order valence-electron chi connectivity index (χ1n) is 8.33. The number of benzene rings is 1. The van der Waals surface area contributed by atoms with Crippen LogP contribution in [0.1, 0.15) is 22.4 Å². The van der Waals surface area contributed by atoms with Crippen molar-refractivity contribution >= 4 is 35.2 Å². The van der Waals surface area contributed by atoms with Crippen LogP contribution in [0.2, 0.25) is 5.02 Å². The molecule has 150 valence electrons. The molecule has 0 unspecified atom stereocenters. The molecule has 3 heterocycles. The number of pyridine rings is 1. The second kappa shape index (κ2) is 7.72. The third-order valence-electron chi connectivity index (χ3n) is 4.04. The Bertz CT molecular complexity index is 1160. The Morgan fingerprint density at radius 1 is 1.13 bits per heavy atom. The molecule has 0 bridgehead atoms. The fourth-order valence-electron chi connectivity index (χ4n) is 2.78. The van der Waals surface area contributed by atoms with Gasteiger partial charge in [0.1, 0.15) is 11.5 Å². The molecule has 0 saturated heterocycles. The van der Waals surface area contributed by atoms with Gasteiger partial charge in [-0.3, -0.25) is 19.9 Å². The van der Waals surface area contributed by atoms with Crippen LogP contribution < -0.4 is 9.64 Å². The smallest absolute Gasteiger partial charge is 0.403 e. The quantitative estimate of drug-likeness (QED) is 0.265. The van der Waals surface area contributed by atoms with Crippen LogP contribution in [-0.2, 0) is 4.74 Å². The Kier molecular flexibility index (Phi) is 4.94. The number of carbonyl (C=O) groups excluding carboxylic acids is 2. The lowest BCUT2D eigenvalue weighted by Crippen LogP contribution is -2.32.